The quantitative estimate of drug-likeness (QED) is 0.546. The van der Waals surface area contributed by atoms with E-state index in [1.54, 1.807) is 12.3 Å². The Balaban J connectivity index is 1.62. The Labute approximate surface area is 184 Å². The molecule has 31 heavy (non-hydrogen) atoms. The molecular weight excluding hydrogens is 388 g/mol. The molecule has 3 heterocycles. The second kappa shape index (κ2) is 9.79. The van der Waals surface area contributed by atoms with E-state index in [0.717, 1.165) is 43.4 Å². The van der Waals surface area contributed by atoms with Gasteiger partial charge < -0.3 is 9.32 Å². The van der Waals surface area contributed by atoms with Crippen LogP contribution in [0.15, 0.2) is 51.9 Å². The van der Waals surface area contributed by atoms with E-state index in [1.807, 2.05) is 22.8 Å². The zero-order chi connectivity index (χ0) is 21.8. The molecule has 6 heteroatoms. The van der Waals surface area contributed by atoms with Gasteiger partial charge in [0.15, 0.2) is 0 Å². The lowest BCUT2D eigenvalue weighted by Crippen LogP contribution is -2.40. The summed E-state index contributed by atoms with van der Waals surface area (Å²) in [5.41, 5.74) is 1.54. The second-order valence-electron chi connectivity index (χ2n) is 8.98. The van der Waals surface area contributed by atoms with Gasteiger partial charge in [-0.1, -0.05) is 37.3 Å². The maximum atomic E-state index is 13.4. The van der Waals surface area contributed by atoms with E-state index >= 15 is 0 Å². The monoisotopic (exact) mass is 422 g/mol. The molecule has 1 unspecified atom stereocenters. The van der Waals surface area contributed by atoms with Crippen molar-refractivity contribution in [2.75, 3.05) is 33.7 Å². The van der Waals surface area contributed by atoms with Gasteiger partial charge in [-0.2, -0.15) is 4.98 Å². The van der Waals surface area contributed by atoms with Crippen LogP contribution in [0.2, 0.25) is 0 Å². The van der Waals surface area contributed by atoms with E-state index in [0.29, 0.717) is 17.6 Å². The summed E-state index contributed by atoms with van der Waals surface area (Å²) in [6, 6.07) is 12.0. The Morgan fingerprint density at radius 2 is 1.90 bits per heavy atom. The third-order valence-corrected chi connectivity index (χ3v) is 6.56. The van der Waals surface area contributed by atoms with Crippen LogP contribution in [0.1, 0.15) is 50.0 Å². The van der Waals surface area contributed by atoms with Crippen molar-refractivity contribution in [3.8, 4) is 0 Å². The first-order valence-corrected chi connectivity index (χ1v) is 11.5. The fourth-order valence-corrected chi connectivity index (χ4v) is 4.74. The summed E-state index contributed by atoms with van der Waals surface area (Å²) in [4.78, 5) is 23.0. The van der Waals surface area contributed by atoms with E-state index in [9.17, 15) is 4.79 Å². The summed E-state index contributed by atoms with van der Waals surface area (Å²) in [6.07, 6.45) is 6.14. The number of furan rings is 1. The van der Waals surface area contributed by atoms with Crippen molar-refractivity contribution in [2.45, 2.75) is 45.2 Å². The Hall–Kier alpha value is -2.44. The van der Waals surface area contributed by atoms with Crippen LogP contribution in [0.4, 0.5) is 0 Å². The molecule has 1 atom stereocenters. The van der Waals surface area contributed by atoms with Crippen LogP contribution in [-0.2, 0) is 6.54 Å². The fraction of sp³-hybridized carbons (Fsp3) is 0.520. The zero-order valence-electron chi connectivity index (χ0n) is 19.0. The molecule has 0 N–H and O–H groups in total. The minimum absolute atomic E-state index is 0.0167. The average Bonchev–Trinajstić information content (AvgIpc) is 3.26. The molecule has 1 fully saturated rings. The first kappa shape index (κ1) is 21.8. The molecule has 0 bridgehead atoms. The molecule has 1 aliphatic heterocycles. The number of rotatable bonds is 8. The van der Waals surface area contributed by atoms with Crippen molar-refractivity contribution in [1.29, 1.82) is 0 Å². The van der Waals surface area contributed by atoms with Crippen molar-refractivity contribution >= 4 is 11.1 Å². The van der Waals surface area contributed by atoms with Gasteiger partial charge in [-0.15, -0.1) is 0 Å². The summed E-state index contributed by atoms with van der Waals surface area (Å²) >= 11 is 0. The van der Waals surface area contributed by atoms with Gasteiger partial charge >= 0.3 is 0 Å². The predicted molar refractivity (Wildman–Crippen MR) is 124 cm³/mol. The third kappa shape index (κ3) is 4.91. The maximum absolute atomic E-state index is 13.4. The van der Waals surface area contributed by atoms with Crippen molar-refractivity contribution < 1.29 is 4.42 Å². The first-order valence-electron chi connectivity index (χ1n) is 11.5. The van der Waals surface area contributed by atoms with E-state index in [1.165, 1.54) is 19.3 Å². The molecule has 6 nitrogen and oxygen atoms in total. The largest absolute Gasteiger partial charge is 0.446 e. The number of likely N-dealkylation sites (tertiary alicyclic amines) is 1. The number of nitrogens with zero attached hydrogens (tertiary/aromatic N) is 4. The topological polar surface area (TPSA) is 54.5 Å². The molecule has 0 amide bonds. The zero-order valence-corrected chi connectivity index (χ0v) is 19.0. The first-order chi connectivity index (χ1) is 15.1. The molecule has 166 valence electrons. The average molecular weight is 423 g/mol. The highest BCUT2D eigenvalue weighted by Gasteiger charge is 2.29. The van der Waals surface area contributed by atoms with Crippen molar-refractivity contribution in [3.63, 3.8) is 0 Å². The highest BCUT2D eigenvalue weighted by molar-refractivity contribution is 5.71. The molecule has 3 aromatic rings. The third-order valence-electron chi connectivity index (χ3n) is 6.56. The smallest absolute Gasteiger partial charge is 0.265 e. The minimum Gasteiger partial charge on any atom is -0.446 e. The molecule has 0 aliphatic carbocycles. The molecule has 1 aliphatic rings. The Kier molecular flexibility index (Phi) is 6.88. The molecule has 2 aromatic heterocycles. The minimum atomic E-state index is -0.0167. The van der Waals surface area contributed by atoms with Gasteiger partial charge in [0.2, 0.25) is 5.71 Å². The standard InChI is InChI=1S/C25H34N4O2/c1-4-22(28-15-11-19(12-16-28)10-14-27(2)3)23-26-24-21(13-17-31-24)25(30)29(23)18-20-8-6-5-7-9-20/h5-9,13,17,19,22H,4,10-12,14-16,18H2,1-3H3. The normalized spacial score (nSPS) is 16.9. The van der Waals surface area contributed by atoms with E-state index < -0.39 is 0 Å². The summed E-state index contributed by atoms with van der Waals surface area (Å²) in [5.74, 6) is 1.61. The van der Waals surface area contributed by atoms with Crippen LogP contribution in [0.25, 0.3) is 11.1 Å². The Morgan fingerprint density at radius 1 is 1.16 bits per heavy atom. The van der Waals surface area contributed by atoms with E-state index in [2.05, 4.69) is 43.0 Å². The maximum Gasteiger partial charge on any atom is 0.265 e. The lowest BCUT2D eigenvalue weighted by molar-refractivity contribution is 0.115. The number of piperidine rings is 1. The van der Waals surface area contributed by atoms with Gasteiger partial charge in [0.05, 0.1) is 18.8 Å². The number of hydrogen-bond acceptors (Lipinski definition) is 5. The summed E-state index contributed by atoms with van der Waals surface area (Å²) < 4.78 is 7.41. The SMILES string of the molecule is CCC(c1nc2occc2c(=O)n1Cc1ccccc1)N1CCC(CCN(C)C)CC1. The Morgan fingerprint density at radius 3 is 2.58 bits per heavy atom. The van der Waals surface area contributed by atoms with Crippen LogP contribution in [0.3, 0.4) is 0 Å². The highest BCUT2D eigenvalue weighted by atomic mass is 16.3. The van der Waals surface area contributed by atoms with Gasteiger partial charge in [-0.05, 0) is 77.0 Å². The van der Waals surface area contributed by atoms with Crippen molar-refractivity contribution in [1.82, 2.24) is 19.4 Å². The lowest BCUT2D eigenvalue weighted by atomic mass is 9.92. The molecule has 1 aromatic carbocycles. The van der Waals surface area contributed by atoms with Crippen LogP contribution >= 0.6 is 0 Å². The van der Waals surface area contributed by atoms with Crippen molar-refractivity contribution in [3.05, 3.63) is 64.4 Å². The van der Waals surface area contributed by atoms with Crippen LogP contribution < -0.4 is 5.56 Å². The number of aromatic nitrogens is 2. The molecule has 1 saturated heterocycles. The summed E-state index contributed by atoms with van der Waals surface area (Å²) in [7, 11) is 4.29. The molecule has 4 rings (SSSR count). The van der Waals surface area contributed by atoms with Gasteiger partial charge in [0.25, 0.3) is 5.56 Å². The van der Waals surface area contributed by atoms with Gasteiger partial charge in [-0.3, -0.25) is 14.3 Å². The summed E-state index contributed by atoms with van der Waals surface area (Å²) in [6.45, 7) is 5.96. The van der Waals surface area contributed by atoms with Crippen molar-refractivity contribution in [2.24, 2.45) is 5.92 Å². The highest BCUT2D eigenvalue weighted by Crippen LogP contribution is 2.30. The van der Waals surface area contributed by atoms with Crippen LogP contribution in [0, 0.1) is 5.92 Å². The van der Waals surface area contributed by atoms with Crippen LogP contribution in [0.5, 0.6) is 0 Å². The predicted octanol–water partition coefficient (Wildman–Crippen LogP) is 4.15. The van der Waals surface area contributed by atoms with E-state index in [4.69, 9.17) is 9.40 Å². The lowest BCUT2D eigenvalue weighted by Gasteiger charge is -2.37. The molecular formula is C25H34N4O2. The second-order valence-corrected chi connectivity index (χ2v) is 8.98. The van der Waals surface area contributed by atoms with Gasteiger partial charge in [0, 0.05) is 0 Å². The molecule has 0 saturated carbocycles. The molecule has 0 radical (unpaired) electrons. The number of hydrogen-bond donors (Lipinski definition) is 0. The van der Waals surface area contributed by atoms with Crippen LogP contribution in [-0.4, -0.2) is 53.1 Å². The summed E-state index contributed by atoms with van der Waals surface area (Å²) in [5, 5.41) is 0.553. The number of benzene rings is 1. The Bertz CT molecular complexity index is 1030. The molecule has 0 spiro atoms. The van der Waals surface area contributed by atoms with Gasteiger partial charge in [-0.25, -0.2) is 0 Å². The fourth-order valence-electron chi connectivity index (χ4n) is 4.74. The number of fused-ring (bicyclic) bond motifs is 1. The van der Waals surface area contributed by atoms with E-state index in [-0.39, 0.29) is 11.6 Å². The van der Waals surface area contributed by atoms with Gasteiger partial charge in [0.1, 0.15) is 11.2 Å².